The molecule has 4 rings (SSSR count). The molecule has 3 aromatic rings. The van der Waals surface area contributed by atoms with Crippen molar-refractivity contribution < 1.29 is 19.1 Å². The van der Waals surface area contributed by atoms with Gasteiger partial charge in [-0.1, -0.05) is 54.6 Å². The molecule has 1 heterocycles. The Morgan fingerprint density at radius 2 is 1.43 bits per heavy atom. The molecule has 0 bridgehead atoms. The van der Waals surface area contributed by atoms with E-state index in [0.717, 1.165) is 10.5 Å². The van der Waals surface area contributed by atoms with Gasteiger partial charge in [0.1, 0.15) is 11.8 Å². The van der Waals surface area contributed by atoms with E-state index in [0.29, 0.717) is 22.6 Å². The number of amides is 3. The van der Waals surface area contributed by atoms with Crippen molar-refractivity contribution in [2.75, 3.05) is 12.4 Å². The Hall–Kier alpha value is -3.93. The first-order chi connectivity index (χ1) is 14.6. The summed E-state index contributed by atoms with van der Waals surface area (Å²) in [7, 11) is 1.51. The van der Waals surface area contributed by atoms with Gasteiger partial charge in [0, 0.05) is 6.42 Å². The molecule has 0 fully saturated rings. The average molecular weight is 400 g/mol. The minimum absolute atomic E-state index is 0.202. The maximum absolute atomic E-state index is 13.3. The number of nitrogens with one attached hydrogen (secondary N) is 1. The van der Waals surface area contributed by atoms with Crippen LogP contribution in [0.25, 0.3) is 0 Å². The Kier molecular flexibility index (Phi) is 5.30. The predicted molar refractivity (Wildman–Crippen MR) is 112 cm³/mol. The Morgan fingerprint density at radius 3 is 2.07 bits per heavy atom. The number of anilines is 1. The van der Waals surface area contributed by atoms with Crippen LogP contribution in [-0.4, -0.2) is 35.8 Å². The number of fused-ring (bicyclic) bond motifs is 1. The molecular weight excluding hydrogens is 380 g/mol. The summed E-state index contributed by atoms with van der Waals surface area (Å²) in [5, 5.41) is 2.82. The number of para-hydroxylation sites is 2. The number of nitrogens with zero attached hydrogens (tertiary/aromatic N) is 1. The predicted octanol–water partition coefficient (Wildman–Crippen LogP) is 3.54. The van der Waals surface area contributed by atoms with E-state index in [1.807, 2.05) is 30.3 Å². The van der Waals surface area contributed by atoms with Crippen molar-refractivity contribution in [3.05, 3.63) is 95.6 Å². The van der Waals surface area contributed by atoms with E-state index in [2.05, 4.69) is 5.32 Å². The number of hydrogen-bond donors (Lipinski definition) is 1. The van der Waals surface area contributed by atoms with Crippen LogP contribution in [0, 0.1) is 0 Å². The molecule has 6 nitrogen and oxygen atoms in total. The summed E-state index contributed by atoms with van der Waals surface area (Å²) in [6, 6.07) is 21.9. The number of ether oxygens (including phenoxy) is 1. The number of methoxy groups -OCH3 is 1. The van der Waals surface area contributed by atoms with Crippen LogP contribution in [0.5, 0.6) is 5.75 Å². The fourth-order valence-corrected chi connectivity index (χ4v) is 3.59. The highest BCUT2D eigenvalue weighted by Crippen LogP contribution is 2.28. The molecule has 0 saturated heterocycles. The van der Waals surface area contributed by atoms with Crippen LogP contribution in [0.1, 0.15) is 26.3 Å². The molecule has 6 heteroatoms. The van der Waals surface area contributed by atoms with E-state index < -0.39 is 23.8 Å². The summed E-state index contributed by atoms with van der Waals surface area (Å²) in [6.07, 6.45) is 0.202. The highest BCUT2D eigenvalue weighted by molar-refractivity contribution is 6.23. The minimum Gasteiger partial charge on any atom is -0.495 e. The molecule has 3 aromatic carbocycles. The highest BCUT2D eigenvalue weighted by Gasteiger charge is 2.42. The molecule has 150 valence electrons. The zero-order chi connectivity index (χ0) is 21.1. The average Bonchev–Trinajstić information content (AvgIpc) is 3.03. The van der Waals surface area contributed by atoms with Gasteiger partial charge in [-0.05, 0) is 29.8 Å². The Balaban J connectivity index is 1.69. The fourth-order valence-electron chi connectivity index (χ4n) is 3.59. The van der Waals surface area contributed by atoms with Gasteiger partial charge in [-0.2, -0.15) is 0 Å². The van der Waals surface area contributed by atoms with Crippen molar-refractivity contribution in [1.29, 1.82) is 0 Å². The zero-order valence-electron chi connectivity index (χ0n) is 16.4. The van der Waals surface area contributed by atoms with Crippen molar-refractivity contribution in [1.82, 2.24) is 4.90 Å². The number of hydrogen-bond acceptors (Lipinski definition) is 4. The van der Waals surface area contributed by atoms with Gasteiger partial charge < -0.3 is 10.1 Å². The van der Waals surface area contributed by atoms with Gasteiger partial charge in [0.2, 0.25) is 5.91 Å². The molecule has 30 heavy (non-hydrogen) atoms. The number of benzene rings is 3. The van der Waals surface area contributed by atoms with Crippen molar-refractivity contribution in [2.45, 2.75) is 12.5 Å². The molecule has 0 unspecified atom stereocenters. The molecule has 0 aromatic heterocycles. The van der Waals surface area contributed by atoms with Crippen LogP contribution in [0.2, 0.25) is 0 Å². The molecule has 3 amide bonds. The van der Waals surface area contributed by atoms with Crippen molar-refractivity contribution in [2.24, 2.45) is 0 Å². The summed E-state index contributed by atoms with van der Waals surface area (Å²) < 4.78 is 5.30. The summed E-state index contributed by atoms with van der Waals surface area (Å²) in [6.45, 7) is 0. The third-order valence-corrected chi connectivity index (χ3v) is 5.08. The van der Waals surface area contributed by atoms with E-state index in [4.69, 9.17) is 4.74 Å². The summed E-state index contributed by atoms with van der Waals surface area (Å²) in [5.74, 6) is -0.900. The quantitative estimate of drug-likeness (QED) is 0.642. The normalized spacial score (nSPS) is 13.7. The van der Waals surface area contributed by atoms with Gasteiger partial charge in [-0.25, -0.2) is 0 Å². The maximum atomic E-state index is 13.3. The molecule has 1 atom stereocenters. The zero-order valence-corrected chi connectivity index (χ0v) is 16.4. The van der Waals surface area contributed by atoms with Crippen molar-refractivity contribution >= 4 is 23.4 Å². The molecule has 1 N–H and O–H groups in total. The van der Waals surface area contributed by atoms with Gasteiger partial charge in [-0.15, -0.1) is 0 Å². The van der Waals surface area contributed by atoms with Gasteiger partial charge in [0.15, 0.2) is 0 Å². The Labute approximate surface area is 174 Å². The van der Waals surface area contributed by atoms with Crippen LogP contribution >= 0.6 is 0 Å². The fraction of sp³-hybridized carbons (Fsp3) is 0.125. The van der Waals surface area contributed by atoms with Crippen molar-refractivity contribution in [3.8, 4) is 5.75 Å². The van der Waals surface area contributed by atoms with E-state index in [9.17, 15) is 14.4 Å². The van der Waals surface area contributed by atoms with Crippen LogP contribution in [0.15, 0.2) is 78.9 Å². The number of rotatable bonds is 6. The van der Waals surface area contributed by atoms with E-state index >= 15 is 0 Å². The van der Waals surface area contributed by atoms with Crippen LogP contribution < -0.4 is 10.1 Å². The molecule has 0 saturated carbocycles. The largest absolute Gasteiger partial charge is 0.495 e. The van der Waals surface area contributed by atoms with Gasteiger partial charge >= 0.3 is 0 Å². The number of carbonyl (C=O) groups is 3. The molecule has 1 aliphatic rings. The topological polar surface area (TPSA) is 75.7 Å². The first kappa shape index (κ1) is 19.4. The molecule has 0 spiro atoms. The first-order valence-corrected chi connectivity index (χ1v) is 9.55. The second kappa shape index (κ2) is 8.21. The third-order valence-electron chi connectivity index (χ3n) is 5.08. The first-order valence-electron chi connectivity index (χ1n) is 9.55. The molecule has 0 aliphatic carbocycles. The lowest BCUT2D eigenvalue weighted by Crippen LogP contribution is -2.48. The summed E-state index contributed by atoms with van der Waals surface area (Å²) in [5.41, 5.74) is 1.94. The Morgan fingerprint density at radius 1 is 0.867 bits per heavy atom. The Bertz CT molecular complexity index is 1080. The number of imide groups is 1. The molecule has 1 aliphatic heterocycles. The SMILES string of the molecule is COc1ccccc1NC(=O)[C@H](Cc1ccccc1)N1C(=O)c2ccccc2C1=O. The minimum atomic E-state index is -1.01. The van der Waals surface area contributed by atoms with Crippen LogP contribution in [0.4, 0.5) is 5.69 Å². The van der Waals surface area contributed by atoms with Crippen molar-refractivity contribution in [3.63, 3.8) is 0 Å². The second-order valence-electron chi connectivity index (χ2n) is 6.92. The standard InChI is InChI=1S/C24H20N2O4/c1-30-21-14-8-7-13-19(21)25-22(27)20(15-16-9-3-2-4-10-16)26-23(28)17-11-5-6-12-18(17)24(26)29/h2-14,20H,15H2,1H3,(H,25,27)/t20-/m0/s1. The highest BCUT2D eigenvalue weighted by atomic mass is 16.5. The summed E-state index contributed by atoms with van der Waals surface area (Å²) >= 11 is 0. The van der Waals surface area contributed by atoms with E-state index in [1.54, 1.807) is 48.5 Å². The second-order valence-corrected chi connectivity index (χ2v) is 6.92. The summed E-state index contributed by atoms with van der Waals surface area (Å²) in [4.78, 5) is 40.4. The van der Waals surface area contributed by atoms with E-state index in [-0.39, 0.29) is 6.42 Å². The van der Waals surface area contributed by atoms with Gasteiger partial charge in [0.25, 0.3) is 11.8 Å². The van der Waals surface area contributed by atoms with Crippen LogP contribution in [-0.2, 0) is 11.2 Å². The lowest BCUT2D eigenvalue weighted by Gasteiger charge is -2.26. The maximum Gasteiger partial charge on any atom is 0.262 e. The van der Waals surface area contributed by atoms with Gasteiger partial charge in [-0.3, -0.25) is 19.3 Å². The molecular formula is C24H20N2O4. The number of carbonyl (C=O) groups excluding carboxylic acids is 3. The van der Waals surface area contributed by atoms with Crippen LogP contribution in [0.3, 0.4) is 0 Å². The molecule has 0 radical (unpaired) electrons. The monoisotopic (exact) mass is 400 g/mol. The van der Waals surface area contributed by atoms with E-state index in [1.165, 1.54) is 7.11 Å². The smallest absolute Gasteiger partial charge is 0.262 e. The third kappa shape index (κ3) is 3.55. The van der Waals surface area contributed by atoms with Gasteiger partial charge in [0.05, 0.1) is 23.9 Å². The lowest BCUT2D eigenvalue weighted by molar-refractivity contribution is -0.119. The lowest BCUT2D eigenvalue weighted by atomic mass is 10.0.